The molecule has 20 heavy (non-hydrogen) atoms. The van der Waals surface area contributed by atoms with Gasteiger partial charge in [0.1, 0.15) is 5.82 Å². The predicted octanol–water partition coefficient (Wildman–Crippen LogP) is 2.68. The molecule has 7 heteroatoms. The van der Waals surface area contributed by atoms with Gasteiger partial charge in [-0.3, -0.25) is 0 Å². The van der Waals surface area contributed by atoms with E-state index in [1.165, 1.54) is 0 Å². The van der Waals surface area contributed by atoms with Gasteiger partial charge in [0, 0.05) is 12.2 Å². The van der Waals surface area contributed by atoms with Crippen molar-refractivity contribution < 1.29 is 4.39 Å². The zero-order valence-corrected chi connectivity index (χ0v) is 11.1. The molecule has 0 aromatic carbocycles. The van der Waals surface area contributed by atoms with E-state index in [4.69, 9.17) is 0 Å². The minimum absolute atomic E-state index is 0.136. The molecule has 3 aromatic rings. The van der Waals surface area contributed by atoms with Crippen molar-refractivity contribution in [3.8, 4) is 0 Å². The van der Waals surface area contributed by atoms with Crippen LogP contribution in [0.15, 0.2) is 30.7 Å². The fourth-order valence-electron chi connectivity index (χ4n) is 1.91. The Bertz CT molecular complexity index is 737. The van der Waals surface area contributed by atoms with Crippen molar-refractivity contribution in [1.29, 1.82) is 0 Å². The van der Waals surface area contributed by atoms with Crippen molar-refractivity contribution in [2.75, 3.05) is 5.32 Å². The normalized spacial score (nSPS) is 11.2. The Morgan fingerprint density at radius 1 is 1.20 bits per heavy atom. The van der Waals surface area contributed by atoms with Gasteiger partial charge in [0.05, 0.1) is 6.33 Å². The van der Waals surface area contributed by atoms with Gasteiger partial charge in [-0.15, -0.1) is 0 Å². The molecule has 0 radical (unpaired) electrons. The van der Waals surface area contributed by atoms with Crippen LogP contribution in [0.3, 0.4) is 0 Å². The monoisotopic (exact) mass is 272 g/mol. The highest BCUT2D eigenvalue weighted by Gasteiger charge is 2.15. The summed E-state index contributed by atoms with van der Waals surface area (Å²) < 4.78 is 15.4. The topological polar surface area (TPSA) is 68.5 Å². The van der Waals surface area contributed by atoms with Crippen LogP contribution < -0.4 is 5.32 Å². The fraction of sp³-hybridized carbons (Fsp3) is 0.231. The molecule has 0 unspecified atom stereocenters. The molecule has 0 fully saturated rings. The van der Waals surface area contributed by atoms with E-state index in [-0.39, 0.29) is 6.04 Å². The van der Waals surface area contributed by atoms with Gasteiger partial charge in [-0.1, -0.05) is 6.07 Å². The molecule has 102 valence electrons. The van der Waals surface area contributed by atoms with Crippen LogP contribution in [0.5, 0.6) is 0 Å². The Morgan fingerprint density at radius 2 is 2.05 bits per heavy atom. The van der Waals surface area contributed by atoms with Gasteiger partial charge in [-0.2, -0.15) is 14.4 Å². The van der Waals surface area contributed by atoms with E-state index >= 15 is 0 Å². The van der Waals surface area contributed by atoms with Crippen molar-refractivity contribution in [2.45, 2.75) is 19.9 Å². The van der Waals surface area contributed by atoms with Crippen LogP contribution in [0.2, 0.25) is 0 Å². The summed E-state index contributed by atoms with van der Waals surface area (Å²) in [6.45, 7) is 3.96. The third-order valence-corrected chi connectivity index (χ3v) is 2.86. The van der Waals surface area contributed by atoms with E-state index in [0.717, 1.165) is 0 Å². The van der Waals surface area contributed by atoms with Crippen molar-refractivity contribution in [3.05, 3.63) is 36.8 Å². The lowest BCUT2D eigenvalue weighted by molar-refractivity contribution is 0.538. The van der Waals surface area contributed by atoms with E-state index in [0.29, 0.717) is 22.8 Å². The first-order chi connectivity index (χ1) is 9.65. The van der Waals surface area contributed by atoms with E-state index in [9.17, 15) is 4.39 Å². The molecule has 0 saturated heterocycles. The molecule has 0 aliphatic heterocycles. The lowest BCUT2D eigenvalue weighted by Crippen LogP contribution is -2.04. The number of fused-ring (bicyclic) bond motifs is 1. The fourth-order valence-corrected chi connectivity index (χ4v) is 1.91. The number of aromatic nitrogens is 5. The standard InChI is InChI=1S/C13H13FN6/c1-8(2)20-7-16-10-11(18-13(14)19-12(10)20)17-9-5-3-4-6-15-9/h3-8H,1-2H3,(H,15,17,18,19). The summed E-state index contributed by atoms with van der Waals surface area (Å²) in [4.78, 5) is 16.0. The van der Waals surface area contributed by atoms with E-state index < -0.39 is 6.08 Å². The van der Waals surface area contributed by atoms with Gasteiger partial charge in [0.15, 0.2) is 17.0 Å². The van der Waals surface area contributed by atoms with Crippen LogP contribution in [0.25, 0.3) is 11.2 Å². The number of nitrogens with zero attached hydrogens (tertiary/aromatic N) is 5. The average Bonchev–Trinajstić information content (AvgIpc) is 2.83. The molecule has 0 saturated carbocycles. The molecular weight excluding hydrogens is 259 g/mol. The minimum Gasteiger partial charge on any atom is -0.323 e. The molecule has 1 N–H and O–H groups in total. The third-order valence-electron chi connectivity index (χ3n) is 2.86. The molecule has 6 nitrogen and oxygen atoms in total. The highest BCUT2D eigenvalue weighted by Crippen LogP contribution is 2.23. The molecule has 0 bridgehead atoms. The average molecular weight is 272 g/mol. The lowest BCUT2D eigenvalue weighted by Gasteiger charge is -2.08. The van der Waals surface area contributed by atoms with Crippen LogP contribution in [0.1, 0.15) is 19.9 Å². The van der Waals surface area contributed by atoms with Gasteiger partial charge in [0.2, 0.25) is 0 Å². The van der Waals surface area contributed by atoms with Crippen molar-refractivity contribution in [1.82, 2.24) is 24.5 Å². The summed E-state index contributed by atoms with van der Waals surface area (Å²) in [6.07, 6.45) is 2.48. The van der Waals surface area contributed by atoms with Crippen LogP contribution in [-0.4, -0.2) is 24.5 Å². The first kappa shape index (κ1) is 12.5. The zero-order chi connectivity index (χ0) is 14.1. The number of anilines is 2. The Morgan fingerprint density at radius 3 is 2.75 bits per heavy atom. The van der Waals surface area contributed by atoms with Crippen molar-refractivity contribution in [3.63, 3.8) is 0 Å². The molecule has 3 rings (SSSR count). The van der Waals surface area contributed by atoms with Crippen molar-refractivity contribution >= 4 is 22.8 Å². The Kier molecular flexibility index (Phi) is 3.02. The van der Waals surface area contributed by atoms with Gasteiger partial charge >= 0.3 is 6.08 Å². The zero-order valence-electron chi connectivity index (χ0n) is 11.1. The number of pyridine rings is 1. The number of rotatable bonds is 3. The molecule has 0 aliphatic rings. The van der Waals surface area contributed by atoms with E-state index in [1.807, 2.05) is 19.9 Å². The maximum Gasteiger partial charge on any atom is 0.312 e. The number of halogens is 1. The van der Waals surface area contributed by atoms with Crippen LogP contribution in [0, 0.1) is 6.08 Å². The number of imidazole rings is 1. The molecule has 0 amide bonds. The van der Waals surface area contributed by atoms with Crippen LogP contribution in [0.4, 0.5) is 16.0 Å². The van der Waals surface area contributed by atoms with Gasteiger partial charge < -0.3 is 9.88 Å². The number of hydrogen-bond acceptors (Lipinski definition) is 5. The summed E-state index contributed by atoms with van der Waals surface area (Å²) >= 11 is 0. The minimum atomic E-state index is -0.793. The number of hydrogen-bond donors (Lipinski definition) is 1. The lowest BCUT2D eigenvalue weighted by atomic mass is 10.4. The van der Waals surface area contributed by atoms with E-state index in [2.05, 4.69) is 25.3 Å². The first-order valence-electron chi connectivity index (χ1n) is 6.23. The van der Waals surface area contributed by atoms with Crippen molar-refractivity contribution in [2.24, 2.45) is 0 Å². The second-order valence-electron chi connectivity index (χ2n) is 4.60. The largest absolute Gasteiger partial charge is 0.323 e. The Balaban J connectivity index is 2.11. The second-order valence-corrected chi connectivity index (χ2v) is 4.60. The maximum absolute atomic E-state index is 13.6. The Hall–Kier alpha value is -2.57. The molecule has 3 aromatic heterocycles. The Labute approximate surface area is 114 Å². The summed E-state index contributed by atoms with van der Waals surface area (Å²) in [5.74, 6) is 0.886. The predicted molar refractivity (Wildman–Crippen MR) is 73.2 cm³/mol. The van der Waals surface area contributed by atoms with E-state index in [1.54, 1.807) is 29.2 Å². The number of nitrogens with one attached hydrogen (secondary N) is 1. The maximum atomic E-state index is 13.6. The second kappa shape index (κ2) is 4.84. The molecule has 0 spiro atoms. The van der Waals surface area contributed by atoms with Crippen LogP contribution in [-0.2, 0) is 0 Å². The SMILES string of the molecule is CC(C)n1cnc2c(Nc3ccccn3)nc(F)nc21. The smallest absolute Gasteiger partial charge is 0.312 e. The first-order valence-corrected chi connectivity index (χ1v) is 6.23. The molecule has 3 heterocycles. The van der Waals surface area contributed by atoms with Gasteiger partial charge in [0.25, 0.3) is 0 Å². The quantitative estimate of drug-likeness (QED) is 0.742. The van der Waals surface area contributed by atoms with Crippen LogP contribution >= 0.6 is 0 Å². The highest BCUT2D eigenvalue weighted by atomic mass is 19.1. The van der Waals surface area contributed by atoms with Gasteiger partial charge in [-0.25, -0.2) is 9.97 Å². The summed E-state index contributed by atoms with van der Waals surface area (Å²) in [7, 11) is 0. The molecule has 0 aliphatic carbocycles. The molecular formula is C13H13FN6. The summed E-state index contributed by atoms with van der Waals surface area (Å²) in [5.41, 5.74) is 0.983. The van der Waals surface area contributed by atoms with Gasteiger partial charge in [-0.05, 0) is 26.0 Å². The molecule has 0 atom stereocenters. The summed E-state index contributed by atoms with van der Waals surface area (Å²) in [5, 5.41) is 2.96. The third kappa shape index (κ3) is 2.18. The summed E-state index contributed by atoms with van der Waals surface area (Å²) in [6, 6.07) is 5.54. The highest BCUT2D eigenvalue weighted by molar-refractivity contribution is 5.84.